The fourth-order valence-electron chi connectivity index (χ4n) is 1.78. The Balaban J connectivity index is 1.92. The largest absolute Gasteiger partial charge is 0.482 e. The van der Waals surface area contributed by atoms with Gasteiger partial charge in [-0.15, -0.1) is 0 Å². The summed E-state index contributed by atoms with van der Waals surface area (Å²) < 4.78 is 5.42. The van der Waals surface area contributed by atoms with Crippen LogP contribution in [-0.4, -0.2) is 12.5 Å². The van der Waals surface area contributed by atoms with Crippen molar-refractivity contribution in [1.82, 2.24) is 0 Å². The number of halogens is 1. The number of benzene rings is 2. The van der Waals surface area contributed by atoms with Crippen molar-refractivity contribution in [3.63, 3.8) is 0 Å². The lowest BCUT2D eigenvalue weighted by molar-refractivity contribution is -0.118. The third-order valence-electron chi connectivity index (χ3n) is 2.90. The van der Waals surface area contributed by atoms with Crippen LogP contribution in [0.3, 0.4) is 0 Å². The molecule has 2 aromatic carbocycles. The smallest absolute Gasteiger partial charge is 0.262 e. The molecule has 0 fully saturated rings. The van der Waals surface area contributed by atoms with Crippen LogP contribution in [0.5, 0.6) is 5.75 Å². The fraction of sp³-hybridized carbons (Fsp3) is 0.188. The molecule has 110 valence electrons. The summed E-state index contributed by atoms with van der Waals surface area (Å²) in [5.41, 5.74) is 7.42. The highest BCUT2D eigenvalue weighted by atomic mass is 35.5. The van der Waals surface area contributed by atoms with Gasteiger partial charge in [0.05, 0.1) is 5.02 Å². The highest BCUT2D eigenvalue weighted by Crippen LogP contribution is 2.27. The van der Waals surface area contributed by atoms with Gasteiger partial charge in [-0.3, -0.25) is 4.79 Å². The summed E-state index contributed by atoms with van der Waals surface area (Å²) in [5.74, 6) is 0.220. The number of nitrogens with one attached hydrogen (secondary N) is 1. The number of para-hydroxylation sites is 1. The quantitative estimate of drug-likeness (QED) is 0.890. The first kappa shape index (κ1) is 15.4. The van der Waals surface area contributed by atoms with Gasteiger partial charge in [-0.1, -0.05) is 35.9 Å². The van der Waals surface area contributed by atoms with Crippen LogP contribution in [0.25, 0.3) is 0 Å². The minimum atomic E-state index is -0.242. The molecule has 0 spiro atoms. The molecule has 2 rings (SSSR count). The highest BCUT2D eigenvalue weighted by molar-refractivity contribution is 6.32. The number of nitrogens with two attached hydrogens (primary N) is 1. The summed E-state index contributed by atoms with van der Waals surface area (Å²) in [4.78, 5) is 11.8. The van der Waals surface area contributed by atoms with E-state index in [9.17, 15) is 4.79 Å². The van der Waals surface area contributed by atoms with Crippen LogP contribution in [-0.2, 0) is 4.79 Å². The molecule has 3 N–H and O–H groups in total. The lowest BCUT2D eigenvalue weighted by Crippen LogP contribution is -2.20. The first-order valence-corrected chi connectivity index (χ1v) is 6.97. The van der Waals surface area contributed by atoms with E-state index < -0.39 is 0 Å². The molecule has 1 amide bonds. The molecule has 0 aliphatic heterocycles. The lowest BCUT2D eigenvalue weighted by atomic mass is 10.1. The van der Waals surface area contributed by atoms with Crippen LogP contribution >= 0.6 is 11.6 Å². The normalized spacial score (nSPS) is 11.8. The van der Waals surface area contributed by atoms with Crippen LogP contribution in [0.2, 0.25) is 5.02 Å². The predicted octanol–water partition coefficient (Wildman–Crippen LogP) is 3.38. The summed E-state index contributed by atoms with van der Waals surface area (Å²) in [5, 5.41) is 3.18. The lowest BCUT2D eigenvalue weighted by Gasteiger charge is -2.11. The Hall–Kier alpha value is -2.04. The van der Waals surface area contributed by atoms with Crippen molar-refractivity contribution in [3.8, 4) is 5.75 Å². The molecular formula is C16H17ClN2O2. The summed E-state index contributed by atoms with van der Waals surface area (Å²) in [6.07, 6.45) is 0. The zero-order valence-electron chi connectivity index (χ0n) is 11.7. The van der Waals surface area contributed by atoms with Gasteiger partial charge in [0.2, 0.25) is 0 Å². The van der Waals surface area contributed by atoms with Crippen LogP contribution in [0.15, 0.2) is 48.5 Å². The molecule has 0 aliphatic carbocycles. The van der Waals surface area contributed by atoms with Gasteiger partial charge >= 0.3 is 0 Å². The number of carbonyl (C=O) groups is 1. The third kappa shape index (κ3) is 4.48. The summed E-state index contributed by atoms with van der Waals surface area (Å²) >= 11 is 6.10. The van der Waals surface area contributed by atoms with E-state index in [1.165, 1.54) is 0 Å². The van der Waals surface area contributed by atoms with E-state index in [1.54, 1.807) is 12.1 Å². The third-order valence-corrected chi connectivity index (χ3v) is 3.19. The van der Waals surface area contributed by atoms with E-state index in [2.05, 4.69) is 5.32 Å². The Morgan fingerprint density at radius 3 is 2.62 bits per heavy atom. The number of hydrogen-bond acceptors (Lipinski definition) is 3. The molecule has 5 heteroatoms. The Morgan fingerprint density at radius 1 is 1.29 bits per heavy atom. The minimum Gasteiger partial charge on any atom is -0.482 e. The molecule has 0 saturated carbocycles. The van der Waals surface area contributed by atoms with Crippen LogP contribution in [0.4, 0.5) is 5.69 Å². The molecular weight excluding hydrogens is 288 g/mol. The van der Waals surface area contributed by atoms with Crippen molar-refractivity contribution in [2.75, 3.05) is 11.9 Å². The van der Waals surface area contributed by atoms with Gasteiger partial charge in [0.25, 0.3) is 5.91 Å². The number of hydrogen-bond donors (Lipinski definition) is 2. The van der Waals surface area contributed by atoms with Crippen molar-refractivity contribution in [2.45, 2.75) is 13.0 Å². The molecule has 4 nitrogen and oxygen atoms in total. The van der Waals surface area contributed by atoms with Gasteiger partial charge < -0.3 is 15.8 Å². The standard InChI is InChI=1S/C16H17ClN2O2/c1-11(18)12-7-8-15(14(17)9-12)21-10-16(20)19-13-5-3-2-4-6-13/h2-9,11H,10,18H2,1H3,(H,19,20)/t11-/m0/s1. The zero-order valence-corrected chi connectivity index (χ0v) is 12.4. The first-order chi connectivity index (χ1) is 10.1. The molecule has 0 aliphatic rings. The Kier molecular flexibility index (Phi) is 5.20. The van der Waals surface area contributed by atoms with Crippen LogP contribution in [0.1, 0.15) is 18.5 Å². The van der Waals surface area contributed by atoms with E-state index in [0.29, 0.717) is 10.8 Å². The number of amides is 1. The molecule has 1 atom stereocenters. The average Bonchev–Trinajstić information content (AvgIpc) is 2.47. The minimum absolute atomic E-state index is 0.0991. The van der Waals surface area contributed by atoms with Crippen molar-refractivity contribution in [2.24, 2.45) is 5.73 Å². The zero-order chi connectivity index (χ0) is 15.2. The van der Waals surface area contributed by atoms with Crippen molar-refractivity contribution in [1.29, 1.82) is 0 Å². The van der Waals surface area contributed by atoms with Gasteiger partial charge in [-0.2, -0.15) is 0 Å². The van der Waals surface area contributed by atoms with Gasteiger partial charge in [0.1, 0.15) is 5.75 Å². The molecule has 0 radical (unpaired) electrons. The van der Waals surface area contributed by atoms with E-state index in [1.807, 2.05) is 43.3 Å². The molecule has 21 heavy (non-hydrogen) atoms. The molecule has 0 bridgehead atoms. The monoisotopic (exact) mass is 304 g/mol. The van der Waals surface area contributed by atoms with Crippen LogP contribution < -0.4 is 15.8 Å². The average molecular weight is 305 g/mol. The van der Waals surface area contributed by atoms with E-state index in [0.717, 1.165) is 11.3 Å². The summed E-state index contributed by atoms with van der Waals surface area (Å²) in [6, 6.07) is 14.4. The number of anilines is 1. The Morgan fingerprint density at radius 2 is 2.00 bits per heavy atom. The second-order valence-corrected chi connectivity index (χ2v) is 5.09. The van der Waals surface area contributed by atoms with E-state index >= 15 is 0 Å². The van der Waals surface area contributed by atoms with Crippen molar-refractivity contribution < 1.29 is 9.53 Å². The van der Waals surface area contributed by atoms with Gasteiger partial charge in [0, 0.05) is 11.7 Å². The molecule has 0 unspecified atom stereocenters. The number of rotatable bonds is 5. The first-order valence-electron chi connectivity index (χ1n) is 6.59. The number of ether oxygens (including phenoxy) is 1. The second kappa shape index (κ2) is 7.11. The maximum absolute atomic E-state index is 11.8. The van der Waals surface area contributed by atoms with Crippen molar-refractivity contribution in [3.05, 3.63) is 59.1 Å². The summed E-state index contributed by atoms with van der Waals surface area (Å²) in [7, 11) is 0. The van der Waals surface area contributed by atoms with Gasteiger partial charge in [-0.05, 0) is 36.8 Å². The molecule has 0 saturated heterocycles. The SMILES string of the molecule is C[C@H](N)c1ccc(OCC(=O)Nc2ccccc2)c(Cl)c1. The van der Waals surface area contributed by atoms with Crippen LogP contribution in [0, 0.1) is 0 Å². The fourth-order valence-corrected chi connectivity index (χ4v) is 2.02. The molecule has 0 heterocycles. The Bertz CT molecular complexity index is 615. The topological polar surface area (TPSA) is 64.3 Å². The Labute approximate surface area is 128 Å². The highest BCUT2D eigenvalue weighted by Gasteiger charge is 2.08. The van der Waals surface area contributed by atoms with E-state index in [-0.39, 0.29) is 18.6 Å². The predicted molar refractivity (Wildman–Crippen MR) is 84.6 cm³/mol. The van der Waals surface area contributed by atoms with Crippen molar-refractivity contribution >= 4 is 23.2 Å². The molecule has 0 aromatic heterocycles. The second-order valence-electron chi connectivity index (χ2n) is 4.68. The molecule has 2 aromatic rings. The maximum atomic E-state index is 11.8. The van der Waals surface area contributed by atoms with Gasteiger partial charge in [-0.25, -0.2) is 0 Å². The maximum Gasteiger partial charge on any atom is 0.262 e. The number of carbonyl (C=O) groups excluding carboxylic acids is 1. The van der Waals surface area contributed by atoms with Gasteiger partial charge in [0.15, 0.2) is 6.61 Å². The summed E-state index contributed by atoms with van der Waals surface area (Å²) in [6.45, 7) is 1.77. The van der Waals surface area contributed by atoms with E-state index in [4.69, 9.17) is 22.1 Å².